The second-order valence-corrected chi connectivity index (χ2v) is 16.3. The fourth-order valence-electron chi connectivity index (χ4n) is 7.19. The summed E-state index contributed by atoms with van der Waals surface area (Å²) in [6.07, 6.45) is 8.11. The van der Waals surface area contributed by atoms with Gasteiger partial charge in [0, 0.05) is 49.7 Å². The van der Waals surface area contributed by atoms with Gasteiger partial charge in [-0.25, -0.2) is 4.21 Å². The maximum Gasteiger partial charge on any atom is 0.263 e. The van der Waals surface area contributed by atoms with Crippen molar-refractivity contribution < 1.29 is 28.0 Å². The summed E-state index contributed by atoms with van der Waals surface area (Å²) in [6.45, 7) is 17.8. The number of halogens is 1. The van der Waals surface area contributed by atoms with Crippen molar-refractivity contribution in [2.24, 2.45) is 17.8 Å². The molecule has 0 spiro atoms. The number of aryl methyl sites for hydroxylation is 1. The molecule has 1 amide bonds. The third-order valence-corrected chi connectivity index (χ3v) is 12.3. The van der Waals surface area contributed by atoms with E-state index < -0.39 is 11.0 Å². The highest BCUT2D eigenvalue weighted by Gasteiger charge is 2.37. The second-order valence-electron chi connectivity index (χ2n) is 14.3. The van der Waals surface area contributed by atoms with Crippen LogP contribution in [0.5, 0.6) is 5.75 Å². The molecule has 0 aromatic heterocycles. The van der Waals surface area contributed by atoms with Gasteiger partial charge in [0.05, 0.1) is 37.4 Å². The van der Waals surface area contributed by atoms with Crippen molar-refractivity contribution in [3.63, 3.8) is 0 Å². The van der Waals surface area contributed by atoms with E-state index in [0.717, 1.165) is 101 Å². The highest BCUT2D eigenvalue weighted by Crippen LogP contribution is 2.43. The first-order chi connectivity index (χ1) is 25.7. The lowest BCUT2D eigenvalue weighted by molar-refractivity contribution is -0.192. The van der Waals surface area contributed by atoms with E-state index >= 15 is 0 Å². The van der Waals surface area contributed by atoms with Gasteiger partial charge in [-0.05, 0) is 105 Å². The van der Waals surface area contributed by atoms with Gasteiger partial charge in [0.25, 0.3) is 5.91 Å². The quantitative estimate of drug-likeness (QED) is 0.164. The van der Waals surface area contributed by atoms with Crippen LogP contribution in [-0.2, 0) is 31.6 Å². The Bertz CT molecular complexity index is 1390. The van der Waals surface area contributed by atoms with Crippen LogP contribution in [0.4, 0.5) is 5.69 Å². The molecule has 2 aromatic carbocycles. The molecule has 1 saturated carbocycles. The Labute approximate surface area is 328 Å². The number of likely N-dealkylation sites (N-methyl/N-ethyl adjacent to an activating group) is 1. The zero-order valence-electron chi connectivity index (χ0n) is 33.7. The van der Waals surface area contributed by atoms with Gasteiger partial charge < -0.3 is 29.2 Å². The molecular formula is C42H68ClN3O6S. The number of carbonyl (C=O) groups excluding carboxylic acids is 1. The number of nitrogens with one attached hydrogen (secondary N) is 2. The second kappa shape index (κ2) is 24.3. The number of amides is 1. The minimum atomic E-state index is -1.47. The number of methoxy groups -OCH3 is 1. The van der Waals surface area contributed by atoms with Gasteiger partial charge >= 0.3 is 0 Å². The number of fused-ring (bicyclic) bond motifs is 1. The van der Waals surface area contributed by atoms with Crippen molar-refractivity contribution in [3.05, 3.63) is 58.1 Å². The van der Waals surface area contributed by atoms with Crippen LogP contribution in [0.3, 0.4) is 0 Å². The average Bonchev–Trinajstić information content (AvgIpc) is 3.35. The molecule has 3 aliphatic rings. The topological polar surface area (TPSA) is 98.4 Å². The lowest BCUT2D eigenvalue weighted by Gasteiger charge is -2.42. The Morgan fingerprint density at radius 1 is 1.06 bits per heavy atom. The maximum atomic E-state index is 13.4. The molecule has 11 heteroatoms. The van der Waals surface area contributed by atoms with Crippen LogP contribution < -0.4 is 19.7 Å². The van der Waals surface area contributed by atoms with Crippen molar-refractivity contribution in [3.8, 4) is 5.75 Å². The molecule has 53 heavy (non-hydrogen) atoms. The molecule has 1 aliphatic carbocycles. The minimum absolute atomic E-state index is 0.108. The van der Waals surface area contributed by atoms with Crippen LogP contribution in [-0.4, -0.2) is 81.9 Å². The number of nitrogens with zero attached hydrogens (tertiary/aromatic N) is 1. The van der Waals surface area contributed by atoms with Crippen molar-refractivity contribution in [1.82, 2.24) is 10.0 Å². The van der Waals surface area contributed by atoms with Crippen LogP contribution in [0, 0.1) is 17.8 Å². The van der Waals surface area contributed by atoms with E-state index in [-0.39, 0.29) is 29.3 Å². The molecule has 2 fully saturated rings. The summed E-state index contributed by atoms with van der Waals surface area (Å²) < 4.78 is 38.9. The molecule has 2 heterocycles. The number of rotatable bonds is 16. The van der Waals surface area contributed by atoms with Gasteiger partial charge in [0.1, 0.15) is 16.7 Å². The molecule has 9 nitrogen and oxygen atoms in total. The number of carbonyl (C=O) groups is 1. The Balaban J connectivity index is 0.000000860. The summed E-state index contributed by atoms with van der Waals surface area (Å²) in [4.78, 5) is 15.8. The van der Waals surface area contributed by atoms with Crippen LogP contribution >= 0.6 is 11.6 Å². The van der Waals surface area contributed by atoms with Gasteiger partial charge in [-0.1, -0.05) is 65.1 Å². The molecule has 300 valence electrons. The Morgan fingerprint density at radius 3 is 2.42 bits per heavy atom. The van der Waals surface area contributed by atoms with Gasteiger partial charge in [-0.2, -0.15) is 0 Å². The lowest BCUT2D eigenvalue weighted by atomic mass is 9.71. The average molecular weight is 779 g/mol. The first-order valence-corrected chi connectivity index (χ1v) is 21.7. The zero-order chi connectivity index (χ0) is 38.8. The fraction of sp³-hybridized carbons (Fsp3) is 0.690. The van der Waals surface area contributed by atoms with E-state index in [1.165, 1.54) is 17.5 Å². The van der Waals surface area contributed by atoms with Gasteiger partial charge in [0.15, 0.2) is 6.29 Å². The summed E-state index contributed by atoms with van der Waals surface area (Å²) in [6, 6.07) is 11.9. The molecule has 0 bridgehead atoms. The van der Waals surface area contributed by atoms with E-state index in [1.54, 1.807) is 13.2 Å². The van der Waals surface area contributed by atoms with Crippen molar-refractivity contribution in [2.75, 3.05) is 65.1 Å². The van der Waals surface area contributed by atoms with Crippen molar-refractivity contribution >= 4 is 34.2 Å². The molecule has 2 aromatic rings. The zero-order valence-corrected chi connectivity index (χ0v) is 35.3. The molecule has 6 atom stereocenters. The Morgan fingerprint density at radius 2 is 1.79 bits per heavy atom. The number of hydrogen-bond donors (Lipinski definition) is 2. The summed E-state index contributed by atoms with van der Waals surface area (Å²) in [7, 11) is 2.13. The monoisotopic (exact) mass is 777 g/mol. The molecule has 0 radical (unpaired) electrons. The summed E-state index contributed by atoms with van der Waals surface area (Å²) >= 11 is 6.43. The molecular weight excluding hydrogens is 710 g/mol. The summed E-state index contributed by atoms with van der Waals surface area (Å²) in [5.41, 5.74) is 3.96. The third kappa shape index (κ3) is 13.8. The lowest BCUT2D eigenvalue weighted by Crippen LogP contribution is -2.42. The first-order valence-electron chi connectivity index (χ1n) is 20.1. The number of ether oxygens (including phenoxy) is 4. The minimum Gasteiger partial charge on any atom is -0.491 e. The highest BCUT2D eigenvalue weighted by atomic mass is 35.5. The molecule has 2 N–H and O–H groups in total. The molecule has 1 saturated heterocycles. The predicted octanol–water partition coefficient (Wildman–Crippen LogP) is 8.55. The van der Waals surface area contributed by atoms with E-state index in [0.29, 0.717) is 24.0 Å². The van der Waals surface area contributed by atoms with Crippen LogP contribution in [0.2, 0.25) is 5.02 Å². The smallest absolute Gasteiger partial charge is 0.263 e. The van der Waals surface area contributed by atoms with Gasteiger partial charge in [-0.3, -0.25) is 9.52 Å². The van der Waals surface area contributed by atoms with Crippen LogP contribution in [0.1, 0.15) is 114 Å². The fourth-order valence-corrected chi connectivity index (χ4v) is 8.43. The Hall–Kier alpha value is -2.21. The predicted molar refractivity (Wildman–Crippen MR) is 220 cm³/mol. The van der Waals surface area contributed by atoms with Crippen molar-refractivity contribution in [1.29, 1.82) is 0 Å². The molecule has 5 rings (SSSR count). The standard InChI is InChI=1S/C36H51ClN2O5S.C4H11NO.C2H6/c1-5-8-24(3)25(4)45(41)38-36(40)28-12-15-34-33(19-28)39(21-29-11-10-26(29)20-35-42-16-7-17-43-35)22-30(23-44-34)32-14-13-31(37)18-27(32)9-6-2;1-5-3-4-6-2;1-2/h12-15,18-19,24-26,29-30,35H,5-11,16-17,20-23H2,1-4H3,(H,38,40);5H,3-4H2,1-2H3;1-2H3. The third-order valence-electron chi connectivity index (χ3n) is 10.6. The number of hydrogen-bond acceptors (Lipinski definition) is 8. The normalized spacial score (nSPS) is 21.5. The van der Waals surface area contributed by atoms with E-state index in [9.17, 15) is 9.00 Å². The van der Waals surface area contributed by atoms with Gasteiger partial charge in [-0.15, -0.1) is 0 Å². The van der Waals surface area contributed by atoms with Gasteiger partial charge in [0.2, 0.25) is 0 Å². The van der Waals surface area contributed by atoms with Crippen molar-refractivity contribution in [2.45, 2.75) is 110 Å². The summed E-state index contributed by atoms with van der Waals surface area (Å²) in [5.74, 6) is 1.90. The van der Waals surface area contributed by atoms with Crippen LogP contribution in [0.25, 0.3) is 0 Å². The van der Waals surface area contributed by atoms with E-state index in [4.69, 9.17) is 30.5 Å². The SMILES string of the molecule is CC.CCCc1cc(Cl)ccc1C1COc2ccc(C(=O)NS(=O)C(C)C(C)CCC)cc2N(CC2CCC2CC2OCCCO2)C1.CNCCOC. The van der Waals surface area contributed by atoms with E-state index in [1.807, 2.05) is 46.0 Å². The molecule has 6 unspecified atom stereocenters. The maximum absolute atomic E-state index is 13.4. The largest absolute Gasteiger partial charge is 0.491 e. The van der Waals surface area contributed by atoms with E-state index in [2.05, 4.69) is 47.8 Å². The highest BCUT2D eigenvalue weighted by molar-refractivity contribution is 7.84. The Kier molecular flexibility index (Phi) is 20.7. The van der Waals surface area contributed by atoms with Crippen LogP contribution in [0.15, 0.2) is 36.4 Å². The number of anilines is 1. The molecule has 2 aliphatic heterocycles. The first kappa shape index (κ1) is 45.2. The summed E-state index contributed by atoms with van der Waals surface area (Å²) in [5, 5.41) is 3.58. The number of benzene rings is 2.